The molecule has 7 heteroatoms. The fourth-order valence-corrected chi connectivity index (χ4v) is 2.58. The standard InChI is InChI=1S/C20H19F2N3O2/c1-3-4-14-6-8-19(20(10-14)26-2)27-13-16-12-25(24-23-16)11-15-5-7-17(21)18(22)9-15/h3,5-10,12H,1,4,11,13H2,2H3. The number of nitrogens with zero attached hydrogens (tertiary/aromatic N) is 3. The van der Waals surface area contributed by atoms with Crippen LogP contribution < -0.4 is 9.47 Å². The van der Waals surface area contributed by atoms with E-state index in [0.29, 0.717) is 22.8 Å². The lowest BCUT2D eigenvalue weighted by atomic mass is 10.1. The van der Waals surface area contributed by atoms with Crippen LogP contribution in [0.1, 0.15) is 16.8 Å². The molecule has 3 rings (SSSR count). The maximum atomic E-state index is 13.3. The summed E-state index contributed by atoms with van der Waals surface area (Å²) in [5.41, 5.74) is 2.27. The van der Waals surface area contributed by atoms with Crippen molar-refractivity contribution in [3.63, 3.8) is 0 Å². The van der Waals surface area contributed by atoms with Gasteiger partial charge < -0.3 is 9.47 Å². The van der Waals surface area contributed by atoms with Gasteiger partial charge in [0.1, 0.15) is 12.3 Å². The van der Waals surface area contributed by atoms with E-state index in [-0.39, 0.29) is 13.2 Å². The van der Waals surface area contributed by atoms with E-state index >= 15 is 0 Å². The second-order valence-corrected chi connectivity index (χ2v) is 5.92. The highest BCUT2D eigenvalue weighted by atomic mass is 19.2. The molecule has 27 heavy (non-hydrogen) atoms. The van der Waals surface area contributed by atoms with Gasteiger partial charge in [0.25, 0.3) is 0 Å². The van der Waals surface area contributed by atoms with Crippen molar-refractivity contribution in [1.82, 2.24) is 15.0 Å². The summed E-state index contributed by atoms with van der Waals surface area (Å²) >= 11 is 0. The summed E-state index contributed by atoms with van der Waals surface area (Å²) in [5.74, 6) is -0.536. The minimum Gasteiger partial charge on any atom is -0.493 e. The van der Waals surface area contributed by atoms with Gasteiger partial charge in [-0.3, -0.25) is 0 Å². The first kappa shape index (κ1) is 18.6. The van der Waals surface area contributed by atoms with Crippen LogP contribution in [-0.2, 0) is 19.6 Å². The highest BCUT2D eigenvalue weighted by Gasteiger charge is 2.09. The van der Waals surface area contributed by atoms with E-state index in [1.807, 2.05) is 24.3 Å². The van der Waals surface area contributed by atoms with Crippen molar-refractivity contribution < 1.29 is 18.3 Å². The Morgan fingerprint density at radius 1 is 1.07 bits per heavy atom. The van der Waals surface area contributed by atoms with Crippen LogP contribution in [0.15, 0.2) is 55.3 Å². The fourth-order valence-electron chi connectivity index (χ4n) is 2.58. The number of aromatic nitrogens is 3. The molecule has 140 valence electrons. The molecule has 1 heterocycles. The molecule has 0 amide bonds. The Bertz CT molecular complexity index is 941. The monoisotopic (exact) mass is 371 g/mol. The molecule has 0 bridgehead atoms. The zero-order chi connectivity index (χ0) is 19.2. The van der Waals surface area contributed by atoms with E-state index in [1.54, 1.807) is 13.3 Å². The van der Waals surface area contributed by atoms with E-state index in [4.69, 9.17) is 9.47 Å². The summed E-state index contributed by atoms with van der Waals surface area (Å²) in [6.45, 7) is 4.21. The average Bonchev–Trinajstić information content (AvgIpc) is 3.11. The third kappa shape index (κ3) is 4.69. The predicted octanol–water partition coefficient (Wildman–Crippen LogP) is 3.92. The van der Waals surface area contributed by atoms with Crippen LogP contribution in [0.25, 0.3) is 0 Å². The molecule has 0 saturated carbocycles. The molecule has 0 aliphatic carbocycles. The van der Waals surface area contributed by atoms with Gasteiger partial charge in [0, 0.05) is 0 Å². The van der Waals surface area contributed by atoms with Gasteiger partial charge in [-0.2, -0.15) is 0 Å². The van der Waals surface area contributed by atoms with Gasteiger partial charge in [0.15, 0.2) is 23.1 Å². The summed E-state index contributed by atoms with van der Waals surface area (Å²) in [5, 5.41) is 8.02. The number of ether oxygens (including phenoxy) is 2. The van der Waals surface area contributed by atoms with Crippen molar-refractivity contribution in [2.75, 3.05) is 7.11 Å². The number of halogens is 2. The Morgan fingerprint density at radius 3 is 2.63 bits per heavy atom. The molecule has 2 aromatic carbocycles. The molecule has 0 N–H and O–H groups in total. The van der Waals surface area contributed by atoms with Crippen LogP contribution in [0.3, 0.4) is 0 Å². The largest absolute Gasteiger partial charge is 0.493 e. The lowest BCUT2D eigenvalue weighted by molar-refractivity contribution is 0.280. The third-order valence-electron chi connectivity index (χ3n) is 3.90. The number of methoxy groups -OCH3 is 1. The third-order valence-corrected chi connectivity index (χ3v) is 3.90. The highest BCUT2D eigenvalue weighted by Crippen LogP contribution is 2.29. The molecular weight excluding hydrogens is 352 g/mol. The Balaban J connectivity index is 1.64. The zero-order valence-electron chi connectivity index (χ0n) is 14.9. The molecule has 0 radical (unpaired) electrons. The molecule has 3 aromatic rings. The summed E-state index contributed by atoms with van der Waals surface area (Å²) in [7, 11) is 1.58. The van der Waals surface area contributed by atoms with Gasteiger partial charge in [-0.25, -0.2) is 13.5 Å². The van der Waals surface area contributed by atoms with Crippen LogP contribution in [0, 0.1) is 11.6 Å². The molecule has 0 fully saturated rings. The number of benzene rings is 2. The van der Waals surface area contributed by atoms with Crippen molar-refractivity contribution in [3.8, 4) is 11.5 Å². The Hall–Kier alpha value is -3.22. The molecule has 0 aliphatic rings. The topological polar surface area (TPSA) is 49.2 Å². The van der Waals surface area contributed by atoms with Gasteiger partial charge in [0.05, 0.1) is 19.9 Å². The van der Waals surface area contributed by atoms with E-state index < -0.39 is 11.6 Å². The van der Waals surface area contributed by atoms with Crippen LogP contribution in [0.5, 0.6) is 11.5 Å². The minimum atomic E-state index is -0.886. The van der Waals surface area contributed by atoms with Crippen molar-refractivity contribution in [2.24, 2.45) is 0 Å². The predicted molar refractivity (Wildman–Crippen MR) is 96.7 cm³/mol. The first-order valence-electron chi connectivity index (χ1n) is 8.32. The maximum absolute atomic E-state index is 13.3. The van der Waals surface area contributed by atoms with Crippen molar-refractivity contribution in [3.05, 3.63) is 83.7 Å². The van der Waals surface area contributed by atoms with Crippen LogP contribution in [0.4, 0.5) is 8.78 Å². The lowest BCUT2D eigenvalue weighted by Crippen LogP contribution is -2.01. The number of allylic oxidation sites excluding steroid dienone is 1. The average molecular weight is 371 g/mol. The molecule has 5 nitrogen and oxygen atoms in total. The molecule has 0 unspecified atom stereocenters. The molecule has 1 aromatic heterocycles. The van der Waals surface area contributed by atoms with Gasteiger partial charge in [-0.15, -0.1) is 11.7 Å². The maximum Gasteiger partial charge on any atom is 0.161 e. The van der Waals surface area contributed by atoms with Crippen molar-refractivity contribution in [2.45, 2.75) is 19.6 Å². The lowest BCUT2D eigenvalue weighted by Gasteiger charge is -2.10. The van der Waals surface area contributed by atoms with Crippen molar-refractivity contribution in [1.29, 1.82) is 0 Å². The Morgan fingerprint density at radius 2 is 1.89 bits per heavy atom. The summed E-state index contributed by atoms with van der Waals surface area (Å²) in [4.78, 5) is 0. The molecule has 0 saturated heterocycles. The van der Waals surface area contributed by atoms with E-state index in [1.165, 1.54) is 10.7 Å². The summed E-state index contributed by atoms with van der Waals surface area (Å²) < 4.78 is 38.9. The van der Waals surface area contributed by atoms with Crippen LogP contribution in [-0.4, -0.2) is 22.1 Å². The molecular formula is C20H19F2N3O2. The van der Waals surface area contributed by atoms with Crippen molar-refractivity contribution >= 4 is 0 Å². The number of hydrogen-bond acceptors (Lipinski definition) is 4. The van der Waals surface area contributed by atoms with E-state index in [2.05, 4.69) is 16.9 Å². The van der Waals surface area contributed by atoms with Gasteiger partial charge >= 0.3 is 0 Å². The smallest absolute Gasteiger partial charge is 0.161 e. The van der Waals surface area contributed by atoms with Gasteiger partial charge in [-0.1, -0.05) is 23.4 Å². The Labute approximate surface area is 155 Å². The molecule has 0 aliphatic heterocycles. The first-order valence-corrected chi connectivity index (χ1v) is 8.32. The van der Waals surface area contributed by atoms with Crippen LogP contribution in [0.2, 0.25) is 0 Å². The highest BCUT2D eigenvalue weighted by molar-refractivity contribution is 5.43. The Kier molecular flexibility index (Phi) is 5.80. The quantitative estimate of drug-likeness (QED) is 0.563. The zero-order valence-corrected chi connectivity index (χ0v) is 14.9. The van der Waals surface area contributed by atoms with Gasteiger partial charge in [0.2, 0.25) is 0 Å². The minimum absolute atomic E-state index is 0.203. The second kappa shape index (κ2) is 8.44. The first-order chi connectivity index (χ1) is 13.1. The number of hydrogen-bond donors (Lipinski definition) is 0. The van der Waals surface area contributed by atoms with E-state index in [0.717, 1.165) is 24.1 Å². The van der Waals surface area contributed by atoms with Crippen LogP contribution >= 0.6 is 0 Å². The summed E-state index contributed by atoms with van der Waals surface area (Å²) in [6.07, 6.45) is 4.26. The van der Waals surface area contributed by atoms with E-state index in [9.17, 15) is 8.78 Å². The summed E-state index contributed by atoms with van der Waals surface area (Å²) in [6, 6.07) is 9.42. The SMILES string of the molecule is C=CCc1ccc(OCc2cn(Cc3ccc(F)c(F)c3)nn2)c(OC)c1. The molecule has 0 atom stereocenters. The number of rotatable bonds is 8. The fraction of sp³-hybridized carbons (Fsp3) is 0.200. The second-order valence-electron chi connectivity index (χ2n) is 5.92. The normalized spacial score (nSPS) is 10.6. The van der Waals surface area contributed by atoms with Gasteiger partial charge in [-0.05, 0) is 41.8 Å². The molecule has 0 spiro atoms.